The number of aryl methyl sites for hydroxylation is 1. The maximum atomic E-state index is 13.1. The Balaban J connectivity index is 2.66. The molecular formula is C11H12FNO. The summed E-state index contributed by atoms with van der Waals surface area (Å²) < 4.78 is 18.5. The summed E-state index contributed by atoms with van der Waals surface area (Å²) in [5.74, 6) is -0.227. The van der Waals surface area contributed by atoms with Gasteiger partial charge in [-0.3, -0.25) is 0 Å². The average Bonchev–Trinajstić information content (AvgIpc) is 2.49. The van der Waals surface area contributed by atoms with Crippen LogP contribution in [0.4, 0.5) is 4.39 Å². The molecule has 0 spiro atoms. The van der Waals surface area contributed by atoms with E-state index in [9.17, 15) is 4.39 Å². The van der Waals surface area contributed by atoms with Gasteiger partial charge in [0.1, 0.15) is 11.4 Å². The van der Waals surface area contributed by atoms with Crippen molar-refractivity contribution in [2.45, 2.75) is 13.3 Å². The zero-order chi connectivity index (χ0) is 10.1. The summed E-state index contributed by atoms with van der Waals surface area (Å²) in [6.07, 6.45) is 2.37. The Kier molecular flexibility index (Phi) is 2.25. The molecule has 3 heteroatoms. The lowest BCUT2D eigenvalue weighted by Gasteiger charge is -1.97. The first kappa shape index (κ1) is 9.21. The fourth-order valence-electron chi connectivity index (χ4n) is 1.67. The van der Waals surface area contributed by atoms with Crippen LogP contribution in [0.25, 0.3) is 11.0 Å². The third-order valence-electron chi connectivity index (χ3n) is 2.32. The Morgan fingerprint density at radius 2 is 2.21 bits per heavy atom. The number of furan rings is 1. The third-order valence-corrected chi connectivity index (χ3v) is 2.32. The minimum Gasteiger partial charge on any atom is -0.464 e. The molecule has 0 aliphatic carbocycles. The zero-order valence-corrected chi connectivity index (χ0v) is 8.01. The van der Waals surface area contributed by atoms with Crippen molar-refractivity contribution < 1.29 is 8.81 Å². The summed E-state index contributed by atoms with van der Waals surface area (Å²) in [6.45, 7) is 2.38. The lowest BCUT2D eigenvalue weighted by molar-refractivity contribution is 0.602. The Hall–Kier alpha value is -1.35. The van der Waals surface area contributed by atoms with Crippen LogP contribution in [0.2, 0.25) is 0 Å². The van der Waals surface area contributed by atoms with Crippen molar-refractivity contribution in [1.29, 1.82) is 0 Å². The quantitative estimate of drug-likeness (QED) is 0.795. The fourth-order valence-corrected chi connectivity index (χ4v) is 1.67. The van der Waals surface area contributed by atoms with Gasteiger partial charge >= 0.3 is 0 Å². The van der Waals surface area contributed by atoms with Crippen LogP contribution >= 0.6 is 0 Å². The fraction of sp³-hybridized carbons (Fsp3) is 0.273. The average molecular weight is 193 g/mol. The second kappa shape index (κ2) is 3.42. The molecule has 2 rings (SSSR count). The van der Waals surface area contributed by atoms with Crippen molar-refractivity contribution in [2.75, 3.05) is 6.54 Å². The van der Waals surface area contributed by atoms with Crippen molar-refractivity contribution >= 4 is 11.0 Å². The molecule has 0 aliphatic rings. The monoisotopic (exact) mass is 193 g/mol. The van der Waals surface area contributed by atoms with Crippen molar-refractivity contribution in [3.8, 4) is 0 Å². The van der Waals surface area contributed by atoms with Crippen molar-refractivity contribution in [1.82, 2.24) is 0 Å². The molecule has 1 aromatic heterocycles. The Bertz CT molecular complexity index is 462. The molecule has 2 nitrogen and oxygen atoms in total. The van der Waals surface area contributed by atoms with E-state index < -0.39 is 0 Å². The van der Waals surface area contributed by atoms with E-state index in [0.717, 1.165) is 28.5 Å². The van der Waals surface area contributed by atoms with Crippen LogP contribution in [0.3, 0.4) is 0 Å². The van der Waals surface area contributed by atoms with Crippen molar-refractivity contribution in [3.63, 3.8) is 0 Å². The van der Waals surface area contributed by atoms with Crippen LogP contribution in [0.1, 0.15) is 11.1 Å². The normalized spacial score (nSPS) is 11.1. The molecule has 2 aromatic rings. The summed E-state index contributed by atoms with van der Waals surface area (Å²) in [5.41, 5.74) is 8.01. The molecule has 14 heavy (non-hydrogen) atoms. The predicted molar refractivity (Wildman–Crippen MR) is 53.7 cm³/mol. The topological polar surface area (TPSA) is 39.2 Å². The number of rotatable bonds is 2. The molecule has 0 aliphatic heterocycles. The molecule has 0 saturated carbocycles. The third kappa shape index (κ3) is 1.40. The molecule has 1 heterocycles. The summed E-state index contributed by atoms with van der Waals surface area (Å²) in [4.78, 5) is 0. The van der Waals surface area contributed by atoms with Gasteiger partial charge in [-0.05, 0) is 43.1 Å². The standard InChI is InChI=1S/C11H12FNO/c1-7-4-9(12)5-10-8(2-3-13)6-14-11(7)10/h4-6H,2-3,13H2,1H3. The van der Waals surface area contributed by atoms with E-state index in [1.165, 1.54) is 12.1 Å². The minimum atomic E-state index is -0.227. The number of hydrogen-bond acceptors (Lipinski definition) is 2. The molecule has 2 N–H and O–H groups in total. The summed E-state index contributed by atoms with van der Waals surface area (Å²) in [7, 11) is 0. The highest BCUT2D eigenvalue weighted by Gasteiger charge is 2.08. The number of halogens is 1. The van der Waals surface area contributed by atoms with E-state index in [2.05, 4.69) is 0 Å². The number of nitrogens with two attached hydrogens (primary N) is 1. The maximum absolute atomic E-state index is 13.1. The highest BCUT2D eigenvalue weighted by atomic mass is 19.1. The van der Waals surface area contributed by atoms with Crippen LogP contribution in [-0.4, -0.2) is 6.54 Å². The second-order valence-corrected chi connectivity index (χ2v) is 3.40. The molecule has 74 valence electrons. The molecule has 0 saturated heterocycles. The maximum Gasteiger partial charge on any atom is 0.137 e. The first-order valence-corrected chi connectivity index (χ1v) is 4.58. The first-order valence-electron chi connectivity index (χ1n) is 4.58. The second-order valence-electron chi connectivity index (χ2n) is 3.40. The van der Waals surface area contributed by atoms with Crippen LogP contribution in [0.15, 0.2) is 22.8 Å². The van der Waals surface area contributed by atoms with Gasteiger partial charge in [-0.2, -0.15) is 0 Å². The lowest BCUT2D eigenvalue weighted by Crippen LogP contribution is -2.01. The van der Waals surface area contributed by atoms with Gasteiger partial charge in [-0.1, -0.05) is 0 Å². The summed E-state index contributed by atoms with van der Waals surface area (Å²) in [6, 6.07) is 2.97. The van der Waals surface area contributed by atoms with E-state index in [1.54, 1.807) is 6.26 Å². The van der Waals surface area contributed by atoms with E-state index in [0.29, 0.717) is 6.54 Å². The van der Waals surface area contributed by atoms with Crippen LogP contribution in [0.5, 0.6) is 0 Å². The number of fused-ring (bicyclic) bond motifs is 1. The van der Waals surface area contributed by atoms with Crippen molar-refractivity contribution in [2.24, 2.45) is 5.73 Å². The van der Waals surface area contributed by atoms with E-state index in [4.69, 9.17) is 10.2 Å². The first-order chi connectivity index (χ1) is 6.72. The van der Waals surface area contributed by atoms with Gasteiger partial charge in [-0.15, -0.1) is 0 Å². The summed E-state index contributed by atoms with van der Waals surface area (Å²) >= 11 is 0. The van der Waals surface area contributed by atoms with E-state index in [1.807, 2.05) is 6.92 Å². The molecule has 0 unspecified atom stereocenters. The predicted octanol–water partition coefficient (Wildman–Crippen LogP) is 2.38. The molecule has 0 amide bonds. The highest BCUT2D eigenvalue weighted by molar-refractivity contribution is 5.83. The summed E-state index contributed by atoms with van der Waals surface area (Å²) in [5, 5.41) is 0.841. The van der Waals surface area contributed by atoms with E-state index in [-0.39, 0.29) is 5.82 Å². The molecule has 1 aromatic carbocycles. The number of benzene rings is 1. The lowest BCUT2D eigenvalue weighted by atomic mass is 10.1. The largest absolute Gasteiger partial charge is 0.464 e. The van der Waals surface area contributed by atoms with Crippen LogP contribution in [-0.2, 0) is 6.42 Å². The number of hydrogen-bond donors (Lipinski definition) is 1. The molecule has 0 bridgehead atoms. The van der Waals surface area contributed by atoms with Gasteiger partial charge in [0.05, 0.1) is 6.26 Å². The van der Waals surface area contributed by atoms with Crippen LogP contribution in [0, 0.1) is 12.7 Å². The molecule has 0 radical (unpaired) electrons. The molecule has 0 atom stereocenters. The molecule has 0 fully saturated rings. The Labute approximate surface area is 81.5 Å². The highest BCUT2D eigenvalue weighted by Crippen LogP contribution is 2.25. The molecular weight excluding hydrogens is 181 g/mol. The van der Waals surface area contributed by atoms with Crippen LogP contribution < -0.4 is 5.73 Å². The van der Waals surface area contributed by atoms with E-state index >= 15 is 0 Å². The van der Waals surface area contributed by atoms with Gasteiger partial charge in [-0.25, -0.2) is 4.39 Å². The van der Waals surface area contributed by atoms with Gasteiger partial charge in [0.25, 0.3) is 0 Å². The smallest absolute Gasteiger partial charge is 0.137 e. The van der Waals surface area contributed by atoms with Gasteiger partial charge in [0.2, 0.25) is 0 Å². The van der Waals surface area contributed by atoms with Gasteiger partial charge < -0.3 is 10.2 Å². The van der Waals surface area contributed by atoms with Crippen molar-refractivity contribution in [3.05, 3.63) is 35.3 Å². The zero-order valence-electron chi connectivity index (χ0n) is 8.01. The van der Waals surface area contributed by atoms with Gasteiger partial charge in [0.15, 0.2) is 0 Å². The van der Waals surface area contributed by atoms with Gasteiger partial charge in [0, 0.05) is 5.39 Å². The Morgan fingerprint density at radius 3 is 2.93 bits per heavy atom. The SMILES string of the molecule is Cc1cc(F)cc2c(CCN)coc12. The Morgan fingerprint density at radius 1 is 1.43 bits per heavy atom. The minimum absolute atomic E-state index is 0.227.